The zero-order valence-electron chi connectivity index (χ0n) is 14.0. The molecule has 0 unspecified atom stereocenters. The van der Waals surface area contributed by atoms with Crippen molar-refractivity contribution in [3.63, 3.8) is 0 Å². The monoisotopic (exact) mass is 297 g/mol. The van der Waals surface area contributed by atoms with E-state index in [1.54, 1.807) is 0 Å². The number of piperazine rings is 1. The molecular formula is C16H31N3O2. The largest absolute Gasteiger partial charge is 0.344 e. The molecule has 1 atom stereocenters. The summed E-state index contributed by atoms with van der Waals surface area (Å²) in [7, 11) is 2.07. The van der Waals surface area contributed by atoms with Crippen molar-refractivity contribution >= 4 is 11.8 Å². The fourth-order valence-corrected chi connectivity index (χ4v) is 2.54. The normalized spacial score (nSPS) is 17.9. The van der Waals surface area contributed by atoms with Crippen LogP contribution >= 0.6 is 0 Å². The summed E-state index contributed by atoms with van der Waals surface area (Å²) < 4.78 is 0. The van der Waals surface area contributed by atoms with E-state index in [0.717, 1.165) is 39.0 Å². The van der Waals surface area contributed by atoms with Gasteiger partial charge in [0, 0.05) is 32.6 Å². The van der Waals surface area contributed by atoms with Gasteiger partial charge in [-0.2, -0.15) is 0 Å². The van der Waals surface area contributed by atoms with Crippen LogP contribution in [0.1, 0.15) is 46.5 Å². The third-order valence-corrected chi connectivity index (χ3v) is 3.91. The van der Waals surface area contributed by atoms with Crippen LogP contribution in [0.15, 0.2) is 0 Å². The van der Waals surface area contributed by atoms with E-state index in [1.807, 2.05) is 4.90 Å². The highest BCUT2D eigenvalue weighted by Gasteiger charge is 2.28. The zero-order valence-corrected chi connectivity index (χ0v) is 14.0. The maximum atomic E-state index is 12.6. The van der Waals surface area contributed by atoms with Gasteiger partial charge in [0.15, 0.2) is 0 Å². The lowest BCUT2D eigenvalue weighted by Gasteiger charge is -2.35. The Bertz CT molecular complexity index is 336. The van der Waals surface area contributed by atoms with Gasteiger partial charge in [0.05, 0.1) is 0 Å². The van der Waals surface area contributed by atoms with Crippen molar-refractivity contribution in [2.45, 2.75) is 52.5 Å². The predicted molar refractivity (Wildman–Crippen MR) is 85.0 cm³/mol. The molecule has 1 aliphatic rings. The molecule has 0 radical (unpaired) electrons. The smallest absolute Gasteiger partial charge is 0.245 e. The molecule has 1 aliphatic heterocycles. The summed E-state index contributed by atoms with van der Waals surface area (Å²) >= 11 is 0. The number of nitrogens with zero attached hydrogens (tertiary/aromatic N) is 2. The van der Waals surface area contributed by atoms with Crippen LogP contribution < -0.4 is 5.32 Å². The van der Waals surface area contributed by atoms with Gasteiger partial charge < -0.3 is 15.1 Å². The summed E-state index contributed by atoms with van der Waals surface area (Å²) in [6.45, 7) is 9.57. The quantitative estimate of drug-likeness (QED) is 0.774. The predicted octanol–water partition coefficient (Wildman–Crippen LogP) is 1.48. The lowest BCUT2D eigenvalue weighted by atomic mass is 10.0. The number of hydrogen-bond donors (Lipinski definition) is 1. The van der Waals surface area contributed by atoms with Gasteiger partial charge >= 0.3 is 0 Å². The molecule has 0 spiro atoms. The van der Waals surface area contributed by atoms with Gasteiger partial charge in [-0.3, -0.25) is 9.59 Å². The van der Waals surface area contributed by atoms with Crippen molar-refractivity contribution in [3.8, 4) is 0 Å². The summed E-state index contributed by atoms with van der Waals surface area (Å²) in [6, 6.07) is -0.363. The second-order valence-electron chi connectivity index (χ2n) is 6.48. The van der Waals surface area contributed by atoms with Gasteiger partial charge in [-0.1, -0.05) is 27.2 Å². The Kier molecular flexibility index (Phi) is 7.72. The van der Waals surface area contributed by atoms with E-state index in [2.05, 4.69) is 38.0 Å². The Morgan fingerprint density at radius 3 is 2.29 bits per heavy atom. The SMILES string of the molecule is CCCCC(=O)N[C@H](CC(C)C)C(=O)N1CCN(C)CC1. The van der Waals surface area contributed by atoms with Gasteiger partial charge in [-0.15, -0.1) is 0 Å². The standard InChI is InChI=1S/C16H31N3O2/c1-5-6-7-15(20)17-14(12-13(2)3)16(21)19-10-8-18(4)9-11-19/h13-14H,5-12H2,1-4H3,(H,17,20)/t14-/m1/s1. The molecule has 5 nitrogen and oxygen atoms in total. The number of carbonyl (C=O) groups is 2. The Labute approximate surface area is 129 Å². The van der Waals surface area contributed by atoms with Crippen LogP contribution in [-0.4, -0.2) is 60.9 Å². The number of unbranched alkanes of at least 4 members (excludes halogenated alkanes) is 1. The molecule has 0 saturated carbocycles. The third-order valence-electron chi connectivity index (χ3n) is 3.91. The summed E-state index contributed by atoms with van der Waals surface area (Å²) in [5.74, 6) is 0.476. The van der Waals surface area contributed by atoms with Crippen LogP contribution in [-0.2, 0) is 9.59 Å². The van der Waals surface area contributed by atoms with Crippen molar-refractivity contribution in [3.05, 3.63) is 0 Å². The van der Waals surface area contributed by atoms with E-state index in [1.165, 1.54) is 0 Å². The van der Waals surface area contributed by atoms with E-state index in [4.69, 9.17) is 0 Å². The van der Waals surface area contributed by atoms with Crippen LogP contribution in [0.5, 0.6) is 0 Å². The average Bonchev–Trinajstić information content (AvgIpc) is 2.44. The van der Waals surface area contributed by atoms with Gasteiger partial charge in [0.2, 0.25) is 11.8 Å². The topological polar surface area (TPSA) is 52.7 Å². The minimum absolute atomic E-state index is 0.00461. The molecule has 21 heavy (non-hydrogen) atoms. The highest BCUT2D eigenvalue weighted by Crippen LogP contribution is 2.11. The molecule has 0 bridgehead atoms. The summed E-state index contributed by atoms with van der Waals surface area (Å²) in [6.07, 6.45) is 3.10. The maximum Gasteiger partial charge on any atom is 0.245 e. The number of hydrogen-bond acceptors (Lipinski definition) is 3. The number of rotatable bonds is 7. The highest BCUT2D eigenvalue weighted by molar-refractivity contribution is 5.87. The van der Waals surface area contributed by atoms with Crippen molar-refractivity contribution in [2.75, 3.05) is 33.2 Å². The number of nitrogens with one attached hydrogen (secondary N) is 1. The first-order valence-electron chi connectivity index (χ1n) is 8.20. The number of carbonyl (C=O) groups excluding carboxylic acids is 2. The molecule has 0 aromatic heterocycles. The first-order chi connectivity index (χ1) is 9.93. The minimum Gasteiger partial charge on any atom is -0.344 e. The zero-order chi connectivity index (χ0) is 15.8. The molecule has 1 heterocycles. The maximum absolute atomic E-state index is 12.6. The van der Waals surface area contributed by atoms with Crippen LogP contribution in [0.4, 0.5) is 0 Å². The Morgan fingerprint density at radius 1 is 1.14 bits per heavy atom. The molecule has 2 amide bonds. The van der Waals surface area contributed by atoms with Crippen LogP contribution in [0.2, 0.25) is 0 Å². The first kappa shape index (κ1) is 18.0. The lowest BCUT2D eigenvalue weighted by Crippen LogP contribution is -2.54. The summed E-state index contributed by atoms with van der Waals surface area (Å²) in [5.41, 5.74) is 0. The molecule has 122 valence electrons. The Balaban J connectivity index is 2.58. The Hall–Kier alpha value is -1.10. The highest BCUT2D eigenvalue weighted by atomic mass is 16.2. The Morgan fingerprint density at radius 2 is 1.76 bits per heavy atom. The number of amides is 2. The van der Waals surface area contributed by atoms with E-state index in [9.17, 15) is 9.59 Å². The van der Waals surface area contributed by atoms with Crippen LogP contribution in [0.25, 0.3) is 0 Å². The van der Waals surface area contributed by atoms with E-state index < -0.39 is 0 Å². The molecule has 0 aromatic rings. The van der Waals surface area contributed by atoms with Crippen LogP contribution in [0.3, 0.4) is 0 Å². The fourth-order valence-electron chi connectivity index (χ4n) is 2.54. The van der Waals surface area contributed by atoms with E-state index in [-0.39, 0.29) is 17.9 Å². The van der Waals surface area contributed by atoms with Crippen molar-refractivity contribution < 1.29 is 9.59 Å². The molecule has 1 saturated heterocycles. The van der Waals surface area contributed by atoms with Crippen LogP contribution in [0, 0.1) is 5.92 Å². The molecule has 0 aliphatic carbocycles. The summed E-state index contributed by atoms with van der Waals surface area (Å²) in [5, 5.41) is 2.95. The second-order valence-corrected chi connectivity index (χ2v) is 6.48. The molecular weight excluding hydrogens is 266 g/mol. The van der Waals surface area contributed by atoms with Gasteiger partial charge in [-0.25, -0.2) is 0 Å². The third kappa shape index (κ3) is 6.46. The van der Waals surface area contributed by atoms with Crippen molar-refractivity contribution in [1.82, 2.24) is 15.1 Å². The average molecular weight is 297 g/mol. The fraction of sp³-hybridized carbons (Fsp3) is 0.875. The molecule has 1 N–H and O–H groups in total. The van der Waals surface area contributed by atoms with Crippen molar-refractivity contribution in [2.24, 2.45) is 5.92 Å². The molecule has 1 fully saturated rings. The first-order valence-corrected chi connectivity index (χ1v) is 8.20. The number of likely N-dealkylation sites (N-methyl/N-ethyl adjacent to an activating group) is 1. The summed E-state index contributed by atoms with van der Waals surface area (Å²) in [4.78, 5) is 28.7. The minimum atomic E-state index is -0.363. The van der Waals surface area contributed by atoms with E-state index >= 15 is 0 Å². The van der Waals surface area contributed by atoms with Gasteiger partial charge in [0.1, 0.15) is 6.04 Å². The lowest BCUT2D eigenvalue weighted by molar-refractivity contribution is -0.138. The molecule has 0 aromatic carbocycles. The van der Waals surface area contributed by atoms with E-state index in [0.29, 0.717) is 18.8 Å². The second kappa shape index (κ2) is 9.03. The molecule has 1 rings (SSSR count). The molecule has 5 heteroatoms. The van der Waals surface area contributed by atoms with Gasteiger partial charge in [0.25, 0.3) is 0 Å². The van der Waals surface area contributed by atoms with Crippen molar-refractivity contribution in [1.29, 1.82) is 0 Å². The van der Waals surface area contributed by atoms with Gasteiger partial charge in [-0.05, 0) is 25.8 Å².